The van der Waals surface area contributed by atoms with E-state index in [1.165, 1.54) is 6.08 Å². The summed E-state index contributed by atoms with van der Waals surface area (Å²) < 4.78 is 5.94. The average molecular weight is 527 g/mol. The second-order valence-electron chi connectivity index (χ2n) is 8.40. The Morgan fingerprint density at radius 3 is 2.24 bits per heavy atom. The molecule has 3 atom stereocenters. The topological polar surface area (TPSA) is 104 Å². The van der Waals surface area contributed by atoms with Crippen LogP contribution in [0.1, 0.15) is 87.9 Å². The molecular formula is C26H39BrO6. The minimum absolute atomic E-state index is 0.225. The third-order valence-corrected chi connectivity index (χ3v) is 5.97. The molecule has 3 unspecified atom stereocenters. The summed E-state index contributed by atoms with van der Waals surface area (Å²) in [7, 11) is 0. The normalized spacial score (nSPS) is 14.2. The summed E-state index contributed by atoms with van der Waals surface area (Å²) in [6, 6.07) is 6.91. The summed E-state index contributed by atoms with van der Waals surface area (Å²) in [5.41, 5.74) is 0.511. The number of rotatable bonds is 18. The van der Waals surface area contributed by atoms with Crippen LogP contribution < -0.4 is 0 Å². The minimum atomic E-state index is -0.972. The number of ketones is 1. The van der Waals surface area contributed by atoms with Crippen LogP contribution in [0.3, 0.4) is 0 Å². The van der Waals surface area contributed by atoms with Crippen LogP contribution in [0.4, 0.5) is 0 Å². The van der Waals surface area contributed by atoms with Crippen molar-refractivity contribution >= 4 is 27.7 Å². The number of esters is 1. The molecule has 0 saturated carbocycles. The maximum Gasteiger partial charge on any atom is 0.306 e. The number of aliphatic hydroxyl groups is 3. The van der Waals surface area contributed by atoms with Crippen LogP contribution in [-0.2, 0) is 9.53 Å². The van der Waals surface area contributed by atoms with E-state index in [1.54, 1.807) is 30.3 Å². The molecule has 0 bridgehead atoms. The fraction of sp³-hybridized carbons (Fsp3) is 0.615. The zero-order valence-corrected chi connectivity index (χ0v) is 21.2. The van der Waals surface area contributed by atoms with Gasteiger partial charge in [0.1, 0.15) is 0 Å². The van der Waals surface area contributed by atoms with E-state index in [4.69, 9.17) is 4.74 Å². The number of Topliss-reactive ketones (excluding diaryl/α,β-unsaturated/α-hetero) is 1. The first-order valence-electron chi connectivity index (χ1n) is 12.0. The van der Waals surface area contributed by atoms with Crippen LogP contribution in [0.2, 0.25) is 0 Å². The number of aliphatic hydroxyl groups excluding tert-OH is 3. The standard InChI is InChI=1S/C26H39BrO6/c1-2-3-7-10-22(28)17-18-24(30)23(29)11-8-5-4-6-9-12-26(32)33-19-25(31)20-13-15-21(27)16-14-20/h13-18,22-24,28-30H,2-12,19H2,1H3. The number of halogens is 1. The summed E-state index contributed by atoms with van der Waals surface area (Å²) in [5, 5.41) is 29.9. The van der Waals surface area contributed by atoms with Crippen molar-refractivity contribution in [3.05, 3.63) is 46.5 Å². The van der Waals surface area contributed by atoms with E-state index >= 15 is 0 Å². The first-order valence-corrected chi connectivity index (χ1v) is 12.8. The van der Waals surface area contributed by atoms with E-state index < -0.39 is 18.3 Å². The van der Waals surface area contributed by atoms with E-state index in [0.29, 0.717) is 24.8 Å². The number of carbonyl (C=O) groups is 2. The van der Waals surface area contributed by atoms with Crippen molar-refractivity contribution < 1.29 is 29.6 Å². The second kappa shape index (κ2) is 17.9. The van der Waals surface area contributed by atoms with E-state index in [2.05, 4.69) is 22.9 Å². The van der Waals surface area contributed by atoms with Gasteiger partial charge in [0.2, 0.25) is 0 Å². The minimum Gasteiger partial charge on any atom is -0.457 e. The monoisotopic (exact) mass is 526 g/mol. The van der Waals surface area contributed by atoms with Crippen LogP contribution in [0.15, 0.2) is 40.9 Å². The molecule has 0 radical (unpaired) electrons. The number of hydrogen-bond acceptors (Lipinski definition) is 6. The first kappa shape index (κ1) is 29.5. The fourth-order valence-corrected chi connectivity index (χ4v) is 3.60. The van der Waals surface area contributed by atoms with Gasteiger partial charge in [0.25, 0.3) is 0 Å². The summed E-state index contributed by atoms with van der Waals surface area (Å²) in [4.78, 5) is 23.8. The molecule has 0 spiro atoms. The Kier molecular flexibility index (Phi) is 16.0. The van der Waals surface area contributed by atoms with Crippen LogP contribution in [-0.4, -0.2) is 52.0 Å². The zero-order chi connectivity index (χ0) is 24.5. The van der Waals surface area contributed by atoms with Gasteiger partial charge < -0.3 is 20.1 Å². The van der Waals surface area contributed by atoms with Gasteiger partial charge in [-0.05, 0) is 31.4 Å². The van der Waals surface area contributed by atoms with Gasteiger partial charge in [-0.3, -0.25) is 9.59 Å². The highest BCUT2D eigenvalue weighted by Crippen LogP contribution is 2.13. The lowest BCUT2D eigenvalue weighted by atomic mass is 10.0. The Morgan fingerprint density at radius 1 is 0.909 bits per heavy atom. The molecule has 33 heavy (non-hydrogen) atoms. The lowest BCUT2D eigenvalue weighted by molar-refractivity contribution is -0.142. The first-order chi connectivity index (χ1) is 15.8. The van der Waals surface area contributed by atoms with Gasteiger partial charge >= 0.3 is 5.97 Å². The number of unbranched alkanes of at least 4 members (excludes halogenated alkanes) is 6. The summed E-state index contributed by atoms with van der Waals surface area (Å²) in [6.07, 6.45) is 9.33. The van der Waals surface area contributed by atoms with Gasteiger partial charge in [-0.25, -0.2) is 0 Å². The molecule has 0 aromatic heterocycles. The Balaban J connectivity index is 2.06. The quantitative estimate of drug-likeness (QED) is 0.106. The van der Waals surface area contributed by atoms with Crippen molar-refractivity contribution in [2.45, 2.75) is 95.9 Å². The van der Waals surface area contributed by atoms with Crippen molar-refractivity contribution in [3.8, 4) is 0 Å². The number of benzene rings is 1. The van der Waals surface area contributed by atoms with Crippen molar-refractivity contribution in [2.75, 3.05) is 6.61 Å². The molecule has 0 saturated heterocycles. The van der Waals surface area contributed by atoms with Gasteiger partial charge in [0.15, 0.2) is 12.4 Å². The van der Waals surface area contributed by atoms with Crippen LogP contribution in [0.25, 0.3) is 0 Å². The summed E-state index contributed by atoms with van der Waals surface area (Å²) in [5.74, 6) is -0.597. The Hall–Kier alpha value is -1.54. The molecule has 0 aliphatic heterocycles. The Labute approximate surface area is 206 Å². The van der Waals surface area contributed by atoms with Crippen molar-refractivity contribution in [1.29, 1.82) is 0 Å². The molecule has 0 fully saturated rings. The predicted molar refractivity (Wildman–Crippen MR) is 133 cm³/mol. The van der Waals surface area contributed by atoms with Crippen molar-refractivity contribution in [1.82, 2.24) is 0 Å². The lowest BCUT2D eigenvalue weighted by Gasteiger charge is -2.15. The summed E-state index contributed by atoms with van der Waals surface area (Å²) in [6.45, 7) is 1.86. The van der Waals surface area contributed by atoms with E-state index in [-0.39, 0.29) is 24.8 Å². The highest BCUT2D eigenvalue weighted by atomic mass is 79.9. The van der Waals surface area contributed by atoms with E-state index in [0.717, 1.165) is 49.4 Å². The third kappa shape index (κ3) is 14.4. The van der Waals surface area contributed by atoms with Gasteiger partial charge in [-0.1, -0.05) is 92.1 Å². The number of carbonyl (C=O) groups excluding carboxylic acids is 2. The van der Waals surface area contributed by atoms with E-state index in [1.807, 2.05) is 0 Å². The molecule has 1 aromatic carbocycles. The van der Waals surface area contributed by atoms with Crippen LogP contribution >= 0.6 is 15.9 Å². The molecule has 6 nitrogen and oxygen atoms in total. The predicted octanol–water partition coefficient (Wildman–Crippen LogP) is 5.12. The van der Waals surface area contributed by atoms with Crippen molar-refractivity contribution in [2.24, 2.45) is 0 Å². The number of ether oxygens (including phenoxy) is 1. The SMILES string of the molecule is CCCCCC(O)C=CC(O)C(O)CCCCCCCC(=O)OCC(=O)c1ccc(Br)cc1. The van der Waals surface area contributed by atoms with Gasteiger partial charge in [-0.15, -0.1) is 0 Å². The molecule has 1 aromatic rings. The molecule has 0 aliphatic carbocycles. The lowest BCUT2D eigenvalue weighted by Crippen LogP contribution is -2.24. The Bertz CT molecular complexity index is 703. The average Bonchev–Trinajstić information content (AvgIpc) is 2.80. The van der Waals surface area contributed by atoms with Crippen molar-refractivity contribution in [3.63, 3.8) is 0 Å². The van der Waals surface area contributed by atoms with Gasteiger partial charge in [0.05, 0.1) is 18.3 Å². The molecule has 0 heterocycles. The third-order valence-electron chi connectivity index (χ3n) is 5.44. The maximum atomic E-state index is 12.0. The Morgan fingerprint density at radius 2 is 1.55 bits per heavy atom. The smallest absolute Gasteiger partial charge is 0.306 e. The maximum absolute atomic E-state index is 12.0. The largest absolute Gasteiger partial charge is 0.457 e. The fourth-order valence-electron chi connectivity index (χ4n) is 3.33. The molecule has 1 rings (SSSR count). The zero-order valence-electron chi connectivity index (χ0n) is 19.6. The van der Waals surface area contributed by atoms with E-state index in [9.17, 15) is 24.9 Å². The second-order valence-corrected chi connectivity index (χ2v) is 9.32. The van der Waals surface area contributed by atoms with Gasteiger partial charge in [-0.2, -0.15) is 0 Å². The molecule has 3 N–H and O–H groups in total. The molecule has 186 valence electrons. The van der Waals surface area contributed by atoms with Gasteiger partial charge in [0, 0.05) is 16.5 Å². The molecule has 0 aliphatic rings. The summed E-state index contributed by atoms with van der Waals surface area (Å²) >= 11 is 3.31. The highest BCUT2D eigenvalue weighted by Gasteiger charge is 2.13. The molecular weight excluding hydrogens is 488 g/mol. The highest BCUT2D eigenvalue weighted by molar-refractivity contribution is 9.10. The van der Waals surface area contributed by atoms with Crippen LogP contribution in [0, 0.1) is 0 Å². The number of hydrogen-bond donors (Lipinski definition) is 3. The molecule has 0 amide bonds. The molecule has 7 heteroatoms. The van der Waals surface area contributed by atoms with Crippen LogP contribution in [0.5, 0.6) is 0 Å².